The van der Waals surface area contributed by atoms with Crippen molar-refractivity contribution in [3.63, 3.8) is 0 Å². The minimum atomic E-state index is -1.29. The molecule has 2 aliphatic heterocycles. The third kappa shape index (κ3) is 3.68. The summed E-state index contributed by atoms with van der Waals surface area (Å²) >= 11 is 0. The van der Waals surface area contributed by atoms with E-state index in [1.807, 2.05) is 0 Å². The molecule has 1 aromatic heterocycles. The van der Waals surface area contributed by atoms with Crippen molar-refractivity contribution < 1.29 is 23.8 Å². The highest BCUT2D eigenvalue weighted by Crippen LogP contribution is 2.37. The minimum absolute atomic E-state index is 0.000400. The van der Waals surface area contributed by atoms with Gasteiger partial charge in [-0.15, -0.1) is 0 Å². The first kappa shape index (κ1) is 21.6. The highest BCUT2D eigenvalue weighted by atomic mass is 19.1. The number of aliphatic hydroxyl groups is 2. The molecule has 0 bridgehead atoms. The fraction of sp³-hybridized carbons (Fsp3) is 0.391. The number of hydrogen-bond donors (Lipinski definition) is 3. The standard InChI is InChI=1S/C23H23F2N5O3/c1-11-3-2-4-13(19(11)25)16-7-12(24)9-30(16)23(33)20-18-15(8-26-20)27-10-28-22(18)29-14-5-6-17(31)21(14)32/h2-6,10,12,14,16-17,21,31-32H,7-9H2,1H3,(H,27,28,29)/t12-,14+,16+,17+,21-/m0/s1. The molecular formula is C23H23F2N5O3. The zero-order valence-electron chi connectivity index (χ0n) is 17.8. The summed E-state index contributed by atoms with van der Waals surface area (Å²) < 4.78 is 29.3. The number of carbonyl (C=O) groups is 1. The fourth-order valence-corrected chi connectivity index (χ4v) is 4.64. The van der Waals surface area contributed by atoms with Crippen molar-refractivity contribution in [3.05, 3.63) is 64.9 Å². The molecule has 0 spiro atoms. The Balaban J connectivity index is 1.46. The Hall–Kier alpha value is -3.24. The van der Waals surface area contributed by atoms with Crippen molar-refractivity contribution in [2.75, 3.05) is 11.9 Å². The molecule has 3 heterocycles. The molecular weight excluding hydrogens is 432 g/mol. The molecule has 1 fully saturated rings. The number of aliphatic hydroxyl groups excluding tert-OH is 2. The second kappa shape index (κ2) is 8.27. The molecule has 1 saturated heterocycles. The van der Waals surface area contributed by atoms with E-state index in [-0.39, 0.29) is 36.6 Å². The average Bonchev–Trinajstić information content (AvgIpc) is 3.49. The number of halogens is 2. The van der Waals surface area contributed by atoms with Crippen LogP contribution in [0.2, 0.25) is 0 Å². The zero-order chi connectivity index (χ0) is 23.3. The van der Waals surface area contributed by atoms with Crippen molar-refractivity contribution in [2.45, 2.75) is 50.4 Å². The van der Waals surface area contributed by atoms with Crippen LogP contribution < -0.4 is 5.32 Å². The second-order valence-electron chi connectivity index (χ2n) is 8.53. The lowest BCUT2D eigenvalue weighted by Crippen LogP contribution is -2.38. The summed E-state index contributed by atoms with van der Waals surface area (Å²) in [6.45, 7) is 1.61. The lowest BCUT2D eigenvalue weighted by molar-refractivity contribution is -0.125. The maximum atomic E-state index is 14.8. The van der Waals surface area contributed by atoms with E-state index in [9.17, 15) is 23.8 Å². The van der Waals surface area contributed by atoms with E-state index in [0.717, 1.165) is 0 Å². The number of alkyl halides is 1. The number of nitrogens with zero attached hydrogens (tertiary/aromatic N) is 4. The smallest absolute Gasteiger partial charge is 0.273 e. The molecule has 1 aliphatic carbocycles. The highest BCUT2D eigenvalue weighted by molar-refractivity contribution is 6.47. The Bertz CT molecular complexity index is 1170. The van der Waals surface area contributed by atoms with Gasteiger partial charge in [0.2, 0.25) is 0 Å². The number of amides is 1. The van der Waals surface area contributed by atoms with Crippen LogP contribution in [0.25, 0.3) is 0 Å². The predicted molar refractivity (Wildman–Crippen MR) is 116 cm³/mol. The van der Waals surface area contributed by atoms with Gasteiger partial charge in [-0.25, -0.2) is 18.7 Å². The molecule has 1 amide bonds. The van der Waals surface area contributed by atoms with Gasteiger partial charge >= 0.3 is 0 Å². The quantitative estimate of drug-likeness (QED) is 0.605. The predicted octanol–water partition coefficient (Wildman–Crippen LogP) is 1.61. The van der Waals surface area contributed by atoms with Crippen LogP contribution >= 0.6 is 0 Å². The van der Waals surface area contributed by atoms with E-state index in [2.05, 4.69) is 20.3 Å². The van der Waals surface area contributed by atoms with Crippen LogP contribution in [0, 0.1) is 12.7 Å². The largest absolute Gasteiger partial charge is 0.388 e. The number of hydrogen-bond acceptors (Lipinski definition) is 7. The first-order valence-corrected chi connectivity index (χ1v) is 10.7. The zero-order valence-corrected chi connectivity index (χ0v) is 17.8. The van der Waals surface area contributed by atoms with E-state index in [1.165, 1.54) is 17.3 Å². The van der Waals surface area contributed by atoms with Crippen LogP contribution in [0.4, 0.5) is 14.6 Å². The summed E-state index contributed by atoms with van der Waals surface area (Å²) in [5.41, 5.74) is 1.66. The Morgan fingerprint density at radius 1 is 1.24 bits per heavy atom. The van der Waals surface area contributed by atoms with Gasteiger partial charge in [0.15, 0.2) is 0 Å². The Morgan fingerprint density at radius 2 is 2.06 bits per heavy atom. The molecule has 8 nitrogen and oxygen atoms in total. The molecule has 0 unspecified atom stereocenters. The highest BCUT2D eigenvalue weighted by Gasteiger charge is 2.41. The van der Waals surface area contributed by atoms with Gasteiger partial charge in [0.05, 0.1) is 36.4 Å². The Labute approximate surface area is 188 Å². The number of anilines is 1. The Kier molecular flexibility index (Phi) is 5.41. The van der Waals surface area contributed by atoms with Crippen molar-refractivity contribution in [1.82, 2.24) is 14.9 Å². The Morgan fingerprint density at radius 3 is 2.82 bits per heavy atom. The number of aromatic nitrogens is 2. The third-order valence-corrected chi connectivity index (χ3v) is 6.38. The maximum Gasteiger partial charge on any atom is 0.273 e. The van der Waals surface area contributed by atoms with Crippen molar-refractivity contribution >= 4 is 17.4 Å². The summed E-state index contributed by atoms with van der Waals surface area (Å²) in [7, 11) is 0. The van der Waals surface area contributed by atoms with Crippen LogP contribution in [0.3, 0.4) is 0 Å². The molecule has 3 N–H and O–H groups in total. The van der Waals surface area contributed by atoms with Crippen LogP contribution in [0.15, 0.2) is 41.7 Å². The van der Waals surface area contributed by atoms with Gasteiger partial charge in [-0.3, -0.25) is 9.79 Å². The number of likely N-dealkylation sites (tertiary alicyclic amines) is 1. The molecule has 5 atom stereocenters. The summed E-state index contributed by atoms with van der Waals surface area (Å²) in [5, 5.41) is 23.0. The lowest BCUT2D eigenvalue weighted by Gasteiger charge is -2.26. The van der Waals surface area contributed by atoms with E-state index < -0.39 is 42.2 Å². The van der Waals surface area contributed by atoms with Gasteiger partial charge in [-0.1, -0.05) is 30.4 Å². The van der Waals surface area contributed by atoms with Gasteiger partial charge in [-0.2, -0.15) is 0 Å². The lowest BCUT2D eigenvalue weighted by atomic mass is 10.00. The van der Waals surface area contributed by atoms with Gasteiger partial charge < -0.3 is 20.4 Å². The number of aliphatic imine (C=N–C) groups is 1. The third-order valence-electron chi connectivity index (χ3n) is 6.38. The monoisotopic (exact) mass is 455 g/mol. The number of carbonyl (C=O) groups excluding carboxylic acids is 1. The van der Waals surface area contributed by atoms with Crippen molar-refractivity contribution in [3.8, 4) is 0 Å². The van der Waals surface area contributed by atoms with E-state index in [1.54, 1.807) is 31.2 Å². The molecule has 0 saturated carbocycles. The van der Waals surface area contributed by atoms with Gasteiger partial charge in [0.25, 0.3) is 5.91 Å². The van der Waals surface area contributed by atoms with Crippen molar-refractivity contribution in [2.24, 2.45) is 4.99 Å². The van der Waals surface area contributed by atoms with Crippen LogP contribution in [-0.2, 0) is 11.3 Å². The molecule has 172 valence electrons. The summed E-state index contributed by atoms with van der Waals surface area (Å²) in [4.78, 5) is 27.7. The number of aryl methyl sites for hydroxylation is 1. The number of fused-ring (bicyclic) bond motifs is 1. The molecule has 3 aliphatic rings. The van der Waals surface area contributed by atoms with Crippen LogP contribution in [-0.4, -0.2) is 67.7 Å². The van der Waals surface area contributed by atoms with Gasteiger partial charge in [-0.05, 0) is 12.5 Å². The molecule has 1 aromatic carbocycles. The maximum absolute atomic E-state index is 14.8. The summed E-state index contributed by atoms with van der Waals surface area (Å²) in [6, 6.07) is 3.52. The first-order chi connectivity index (χ1) is 15.8. The molecule has 10 heteroatoms. The van der Waals surface area contributed by atoms with E-state index in [0.29, 0.717) is 16.8 Å². The van der Waals surface area contributed by atoms with Crippen LogP contribution in [0.1, 0.15) is 34.8 Å². The normalized spacial score (nSPS) is 28.2. The fourth-order valence-electron chi connectivity index (χ4n) is 4.64. The minimum Gasteiger partial charge on any atom is -0.388 e. The van der Waals surface area contributed by atoms with Gasteiger partial charge in [0.1, 0.15) is 42.1 Å². The second-order valence-corrected chi connectivity index (χ2v) is 8.53. The van der Waals surface area contributed by atoms with E-state index in [4.69, 9.17) is 0 Å². The average molecular weight is 455 g/mol. The van der Waals surface area contributed by atoms with Gasteiger partial charge in [0, 0.05) is 12.0 Å². The number of benzene rings is 1. The first-order valence-electron chi connectivity index (χ1n) is 10.7. The van der Waals surface area contributed by atoms with Crippen molar-refractivity contribution in [1.29, 1.82) is 0 Å². The SMILES string of the molecule is Cc1cccc([C@H]2C[C@H](F)CN2C(=O)C2=NCc3ncnc(N[C@@H]4C=C[C@@H](O)[C@H]4O)c32)c1F. The van der Waals surface area contributed by atoms with E-state index >= 15 is 0 Å². The van der Waals surface area contributed by atoms with Crippen LogP contribution in [0.5, 0.6) is 0 Å². The number of nitrogens with one attached hydrogen (secondary N) is 1. The summed E-state index contributed by atoms with van der Waals surface area (Å²) in [5.74, 6) is -0.698. The molecule has 33 heavy (non-hydrogen) atoms. The summed E-state index contributed by atoms with van der Waals surface area (Å²) in [6.07, 6.45) is 1.03. The molecule has 0 radical (unpaired) electrons. The molecule has 5 rings (SSSR count). The molecule has 2 aromatic rings. The topological polar surface area (TPSA) is 111 Å². The number of rotatable bonds is 4.